The van der Waals surface area contributed by atoms with Gasteiger partial charge in [-0.25, -0.2) is 4.98 Å². The van der Waals surface area contributed by atoms with E-state index in [2.05, 4.69) is 4.98 Å². The summed E-state index contributed by atoms with van der Waals surface area (Å²) in [5.74, 6) is 0.587. The summed E-state index contributed by atoms with van der Waals surface area (Å²) < 4.78 is 36.2. The van der Waals surface area contributed by atoms with Gasteiger partial charge in [0.2, 0.25) is 0 Å². The molecular formula is C10H11Cl2F3N2. The van der Waals surface area contributed by atoms with E-state index >= 15 is 0 Å². The quantitative estimate of drug-likeness (QED) is 0.782. The molecule has 1 aromatic rings. The van der Waals surface area contributed by atoms with Gasteiger partial charge < -0.3 is 4.90 Å². The molecular weight excluding hydrogens is 276 g/mol. The molecule has 0 radical (unpaired) electrons. The molecule has 1 rings (SSSR count). The Labute approximate surface area is 107 Å². The topological polar surface area (TPSA) is 16.1 Å². The molecule has 2 nitrogen and oxygen atoms in total. The van der Waals surface area contributed by atoms with Gasteiger partial charge in [-0.3, -0.25) is 0 Å². The fourth-order valence-corrected chi connectivity index (χ4v) is 1.70. The second-order valence-corrected chi connectivity index (χ2v) is 4.24. The Morgan fingerprint density at radius 2 is 2.06 bits per heavy atom. The van der Waals surface area contributed by atoms with Crippen LogP contribution in [-0.2, 0) is 5.88 Å². The maximum atomic E-state index is 12.1. The van der Waals surface area contributed by atoms with Crippen LogP contribution >= 0.6 is 23.2 Å². The van der Waals surface area contributed by atoms with E-state index in [0.717, 1.165) is 5.56 Å². The van der Waals surface area contributed by atoms with Crippen LogP contribution < -0.4 is 4.90 Å². The fourth-order valence-electron chi connectivity index (χ4n) is 1.22. The van der Waals surface area contributed by atoms with E-state index in [4.69, 9.17) is 23.2 Å². The van der Waals surface area contributed by atoms with Crippen LogP contribution in [0.3, 0.4) is 0 Å². The Morgan fingerprint density at radius 1 is 1.41 bits per heavy atom. The van der Waals surface area contributed by atoms with Gasteiger partial charge in [-0.15, -0.1) is 11.6 Å². The number of hydrogen-bond donors (Lipinski definition) is 0. The van der Waals surface area contributed by atoms with Crippen LogP contribution in [0.1, 0.15) is 12.0 Å². The van der Waals surface area contributed by atoms with Gasteiger partial charge in [-0.1, -0.05) is 11.6 Å². The van der Waals surface area contributed by atoms with Crippen molar-refractivity contribution in [3.8, 4) is 0 Å². The molecule has 0 spiro atoms. The van der Waals surface area contributed by atoms with E-state index < -0.39 is 12.6 Å². The molecule has 0 amide bonds. The van der Waals surface area contributed by atoms with E-state index in [1.807, 2.05) is 0 Å². The third-order valence-corrected chi connectivity index (χ3v) is 2.71. The highest BCUT2D eigenvalue weighted by Crippen LogP contribution is 2.26. The van der Waals surface area contributed by atoms with Gasteiger partial charge in [0, 0.05) is 25.7 Å². The number of nitrogens with zero attached hydrogens (tertiary/aromatic N) is 2. The van der Waals surface area contributed by atoms with Gasteiger partial charge >= 0.3 is 6.18 Å². The van der Waals surface area contributed by atoms with Gasteiger partial charge in [0.05, 0.1) is 11.4 Å². The van der Waals surface area contributed by atoms with E-state index in [1.165, 1.54) is 18.1 Å². The first kappa shape index (κ1) is 14.4. The van der Waals surface area contributed by atoms with Crippen molar-refractivity contribution in [3.05, 3.63) is 22.8 Å². The highest BCUT2D eigenvalue weighted by Gasteiger charge is 2.27. The SMILES string of the molecule is CN(CCC(F)(F)F)c1ncc(CCl)cc1Cl. The molecule has 1 heterocycles. The number of alkyl halides is 4. The smallest absolute Gasteiger partial charge is 0.358 e. The van der Waals surface area contributed by atoms with Crippen LogP contribution in [-0.4, -0.2) is 24.8 Å². The molecule has 0 saturated carbocycles. The molecule has 0 aliphatic heterocycles. The number of anilines is 1. The number of hydrogen-bond acceptors (Lipinski definition) is 2. The minimum Gasteiger partial charge on any atom is -0.358 e. The van der Waals surface area contributed by atoms with Crippen molar-refractivity contribution >= 4 is 29.0 Å². The zero-order valence-electron chi connectivity index (χ0n) is 9.06. The molecule has 0 bridgehead atoms. The van der Waals surface area contributed by atoms with Crippen molar-refractivity contribution in [2.45, 2.75) is 18.5 Å². The third kappa shape index (κ3) is 4.60. The first-order valence-corrected chi connectivity index (χ1v) is 5.73. The molecule has 17 heavy (non-hydrogen) atoms. The second kappa shape index (κ2) is 5.78. The summed E-state index contributed by atoms with van der Waals surface area (Å²) in [5, 5.41) is 0.299. The Kier molecular flexibility index (Phi) is 4.89. The van der Waals surface area contributed by atoms with Crippen LogP contribution in [0.15, 0.2) is 12.3 Å². The Balaban J connectivity index is 2.72. The summed E-state index contributed by atoms with van der Waals surface area (Å²) in [5.41, 5.74) is 0.727. The summed E-state index contributed by atoms with van der Waals surface area (Å²) in [6, 6.07) is 1.60. The van der Waals surface area contributed by atoms with Gasteiger partial charge in [-0.2, -0.15) is 13.2 Å². The Morgan fingerprint density at radius 3 is 2.53 bits per heavy atom. The standard InChI is InChI=1S/C10H11Cl2F3N2/c1-17(3-2-10(13,14)15)9-8(12)4-7(5-11)6-16-9/h4,6H,2-3,5H2,1H3. The lowest BCUT2D eigenvalue weighted by Crippen LogP contribution is -2.25. The van der Waals surface area contributed by atoms with Crippen molar-refractivity contribution in [3.63, 3.8) is 0 Å². The zero-order chi connectivity index (χ0) is 13.1. The fraction of sp³-hybridized carbons (Fsp3) is 0.500. The average molecular weight is 287 g/mol. The molecule has 7 heteroatoms. The molecule has 0 unspecified atom stereocenters. The zero-order valence-corrected chi connectivity index (χ0v) is 10.6. The van der Waals surface area contributed by atoms with Crippen LogP contribution in [0.5, 0.6) is 0 Å². The summed E-state index contributed by atoms with van der Waals surface area (Å²) >= 11 is 11.5. The maximum Gasteiger partial charge on any atom is 0.390 e. The minimum atomic E-state index is -4.18. The van der Waals surface area contributed by atoms with Gasteiger partial charge in [0.25, 0.3) is 0 Å². The number of halogens is 5. The highest BCUT2D eigenvalue weighted by atomic mass is 35.5. The lowest BCUT2D eigenvalue weighted by molar-refractivity contribution is -0.132. The van der Waals surface area contributed by atoms with E-state index in [1.54, 1.807) is 6.07 Å². The van der Waals surface area contributed by atoms with Crippen molar-refractivity contribution < 1.29 is 13.2 Å². The van der Waals surface area contributed by atoms with Gasteiger partial charge in [-0.05, 0) is 11.6 Å². The number of rotatable bonds is 4. The lowest BCUT2D eigenvalue weighted by atomic mass is 10.3. The molecule has 1 aromatic heterocycles. The first-order chi connectivity index (χ1) is 7.83. The third-order valence-electron chi connectivity index (χ3n) is 2.12. The van der Waals surface area contributed by atoms with E-state index in [0.29, 0.717) is 10.8 Å². The summed E-state index contributed by atoms with van der Waals surface area (Å²) in [6.45, 7) is -0.184. The largest absolute Gasteiger partial charge is 0.390 e. The van der Waals surface area contributed by atoms with Crippen molar-refractivity contribution in [1.29, 1.82) is 0 Å². The second-order valence-electron chi connectivity index (χ2n) is 3.57. The summed E-state index contributed by atoms with van der Waals surface area (Å²) in [6.07, 6.45) is -3.59. The summed E-state index contributed by atoms with van der Waals surface area (Å²) in [7, 11) is 1.51. The maximum absolute atomic E-state index is 12.1. The number of pyridine rings is 1. The van der Waals surface area contributed by atoms with Crippen molar-refractivity contribution in [1.82, 2.24) is 4.98 Å². The Bertz CT molecular complexity index is 382. The lowest BCUT2D eigenvalue weighted by Gasteiger charge is -2.20. The molecule has 0 atom stereocenters. The van der Waals surface area contributed by atoms with Gasteiger partial charge in [0.1, 0.15) is 5.82 Å². The highest BCUT2D eigenvalue weighted by molar-refractivity contribution is 6.33. The first-order valence-electron chi connectivity index (χ1n) is 4.82. The molecule has 0 aliphatic carbocycles. The molecule has 96 valence electrons. The normalized spacial score (nSPS) is 11.6. The molecule has 0 fully saturated rings. The number of aromatic nitrogens is 1. The monoisotopic (exact) mass is 286 g/mol. The predicted molar refractivity (Wildman–Crippen MR) is 62.7 cm³/mol. The molecule has 0 aliphatic rings. The van der Waals surface area contributed by atoms with Crippen LogP contribution in [0.4, 0.5) is 19.0 Å². The summed E-state index contributed by atoms with van der Waals surface area (Å²) in [4.78, 5) is 5.36. The van der Waals surface area contributed by atoms with Crippen LogP contribution in [0, 0.1) is 0 Å². The van der Waals surface area contributed by atoms with Gasteiger partial charge in [0.15, 0.2) is 0 Å². The Hall–Kier alpha value is -0.680. The van der Waals surface area contributed by atoms with Crippen LogP contribution in [0.2, 0.25) is 5.02 Å². The molecule has 0 N–H and O–H groups in total. The van der Waals surface area contributed by atoms with Crippen molar-refractivity contribution in [2.24, 2.45) is 0 Å². The predicted octanol–water partition coefficient (Wildman–Crippen LogP) is 3.86. The van der Waals surface area contributed by atoms with E-state index in [-0.39, 0.29) is 12.4 Å². The minimum absolute atomic E-state index is 0.184. The molecule has 0 saturated heterocycles. The van der Waals surface area contributed by atoms with E-state index in [9.17, 15) is 13.2 Å². The average Bonchev–Trinajstić information content (AvgIpc) is 2.24. The van der Waals surface area contributed by atoms with Crippen LogP contribution in [0.25, 0.3) is 0 Å². The van der Waals surface area contributed by atoms with Crippen molar-refractivity contribution in [2.75, 3.05) is 18.5 Å². The molecule has 0 aromatic carbocycles.